The van der Waals surface area contributed by atoms with Crippen LogP contribution in [0.4, 0.5) is 0 Å². The molecule has 2 aromatic rings. The minimum Gasteiger partial charge on any atom is -0.477 e. The molecule has 0 radical (unpaired) electrons. The second-order valence-corrected chi connectivity index (χ2v) is 5.72. The molecule has 0 bridgehead atoms. The van der Waals surface area contributed by atoms with Crippen LogP contribution in [0.15, 0.2) is 22.0 Å². The van der Waals surface area contributed by atoms with E-state index >= 15 is 0 Å². The van der Waals surface area contributed by atoms with Crippen molar-refractivity contribution in [2.24, 2.45) is 0 Å². The van der Waals surface area contributed by atoms with Gasteiger partial charge in [-0.3, -0.25) is 0 Å². The van der Waals surface area contributed by atoms with Gasteiger partial charge in [0.05, 0.1) is 5.69 Å². The summed E-state index contributed by atoms with van der Waals surface area (Å²) >= 11 is 2.77. The first-order valence-corrected chi connectivity index (χ1v) is 6.74. The van der Waals surface area contributed by atoms with Gasteiger partial charge in [0.15, 0.2) is 0 Å². The summed E-state index contributed by atoms with van der Waals surface area (Å²) < 4.78 is 5.22. The highest BCUT2D eigenvalue weighted by Gasteiger charge is 2.12. The maximum absolute atomic E-state index is 10.8. The number of thiophene rings is 1. The summed E-state index contributed by atoms with van der Waals surface area (Å²) in [5.41, 5.74) is 1.87. The van der Waals surface area contributed by atoms with E-state index in [0.717, 1.165) is 16.1 Å². The lowest BCUT2D eigenvalue weighted by atomic mass is 10.3. The normalized spacial score (nSPS) is 10.7. The van der Waals surface area contributed by atoms with Crippen LogP contribution in [0.1, 0.15) is 25.8 Å². The van der Waals surface area contributed by atoms with Crippen molar-refractivity contribution in [1.82, 2.24) is 4.98 Å². The molecule has 2 heterocycles. The van der Waals surface area contributed by atoms with E-state index in [1.807, 2.05) is 13.8 Å². The van der Waals surface area contributed by atoms with Crippen molar-refractivity contribution in [1.29, 1.82) is 0 Å². The Hall–Kier alpha value is -1.27. The SMILES string of the molecule is Cc1coc(SCc2cc(C(=O)O)sc2C)n1. The molecule has 1 N–H and O–H groups in total. The molecule has 0 saturated heterocycles. The number of rotatable bonds is 4. The molecule has 0 aliphatic heterocycles. The second-order valence-electron chi connectivity index (χ2n) is 3.54. The molecule has 0 atom stereocenters. The molecule has 6 heteroatoms. The first kappa shape index (κ1) is 12.2. The smallest absolute Gasteiger partial charge is 0.345 e. The molecular formula is C11H11NO3S2. The van der Waals surface area contributed by atoms with Gasteiger partial charge >= 0.3 is 5.97 Å². The van der Waals surface area contributed by atoms with Crippen LogP contribution in [0, 0.1) is 13.8 Å². The number of aromatic carboxylic acids is 1. The Morgan fingerprint density at radius 3 is 2.88 bits per heavy atom. The van der Waals surface area contributed by atoms with E-state index in [0.29, 0.717) is 15.9 Å². The molecule has 2 aromatic heterocycles. The zero-order chi connectivity index (χ0) is 12.4. The lowest BCUT2D eigenvalue weighted by Gasteiger charge is -1.95. The summed E-state index contributed by atoms with van der Waals surface area (Å²) in [6.07, 6.45) is 1.60. The van der Waals surface area contributed by atoms with E-state index in [1.54, 1.807) is 12.3 Å². The van der Waals surface area contributed by atoms with Crippen LogP contribution in [0.2, 0.25) is 0 Å². The van der Waals surface area contributed by atoms with Crippen molar-refractivity contribution in [3.05, 3.63) is 33.3 Å². The van der Waals surface area contributed by atoms with Crippen LogP contribution in [0.25, 0.3) is 0 Å². The number of nitrogens with zero attached hydrogens (tertiary/aromatic N) is 1. The van der Waals surface area contributed by atoms with E-state index in [4.69, 9.17) is 9.52 Å². The summed E-state index contributed by atoms with van der Waals surface area (Å²) in [5.74, 6) is -0.198. The minimum atomic E-state index is -0.874. The predicted octanol–water partition coefficient (Wildman–Crippen LogP) is 3.34. The van der Waals surface area contributed by atoms with E-state index in [9.17, 15) is 4.79 Å². The van der Waals surface area contributed by atoms with E-state index in [2.05, 4.69) is 4.98 Å². The number of aryl methyl sites for hydroxylation is 2. The molecule has 0 aliphatic rings. The third-order valence-electron chi connectivity index (χ3n) is 2.18. The van der Waals surface area contributed by atoms with Gasteiger partial charge in [0, 0.05) is 10.6 Å². The standard InChI is InChI=1S/C11H11NO3S2/c1-6-4-15-11(12-6)16-5-8-3-9(10(13)14)17-7(8)2/h3-4H,5H2,1-2H3,(H,13,14). The Morgan fingerprint density at radius 2 is 2.35 bits per heavy atom. The lowest BCUT2D eigenvalue weighted by Crippen LogP contribution is -1.90. The Kier molecular flexibility index (Phi) is 3.54. The molecule has 2 rings (SSSR count). The number of carboxylic acid groups (broad SMARTS) is 1. The summed E-state index contributed by atoms with van der Waals surface area (Å²) in [6, 6.07) is 1.71. The first-order chi connectivity index (χ1) is 8.06. The van der Waals surface area contributed by atoms with Crippen molar-refractivity contribution in [2.75, 3.05) is 0 Å². The molecular weight excluding hydrogens is 258 g/mol. The number of hydrogen-bond donors (Lipinski definition) is 1. The molecule has 0 unspecified atom stereocenters. The first-order valence-electron chi connectivity index (χ1n) is 4.94. The summed E-state index contributed by atoms with van der Waals surface area (Å²) in [6.45, 7) is 3.79. The fourth-order valence-corrected chi connectivity index (χ4v) is 3.18. The highest BCUT2D eigenvalue weighted by molar-refractivity contribution is 7.98. The number of hydrogen-bond acceptors (Lipinski definition) is 5. The van der Waals surface area contributed by atoms with Crippen LogP contribution in [0.5, 0.6) is 0 Å². The van der Waals surface area contributed by atoms with Gasteiger partial charge < -0.3 is 9.52 Å². The fraction of sp³-hybridized carbons (Fsp3) is 0.273. The average molecular weight is 269 g/mol. The van der Waals surface area contributed by atoms with Gasteiger partial charge in [0.2, 0.25) is 0 Å². The Bertz CT molecular complexity index is 545. The molecule has 0 aliphatic carbocycles. The molecule has 0 aromatic carbocycles. The number of aromatic nitrogens is 1. The molecule has 17 heavy (non-hydrogen) atoms. The molecule has 0 saturated carbocycles. The number of thioether (sulfide) groups is 1. The summed E-state index contributed by atoms with van der Waals surface area (Å²) in [7, 11) is 0. The van der Waals surface area contributed by atoms with Gasteiger partial charge in [-0.1, -0.05) is 11.8 Å². The van der Waals surface area contributed by atoms with Crippen LogP contribution in [-0.4, -0.2) is 16.1 Å². The van der Waals surface area contributed by atoms with Gasteiger partial charge in [-0.05, 0) is 25.5 Å². The molecule has 0 spiro atoms. The highest BCUT2D eigenvalue weighted by atomic mass is 32.2. The predicted molar refractivity (Wildman–Crippen MR) is 66.8 cm³/mol. The monoisotopic (exact) mass is 269 g/mol. The van der Waals surface area contributed by atoms with E-state index in [-0.39, 0.29) is 0 Å². The fourth-order valence-electron chi connectivity index (χ4n) is 1.31. The summed E-state index contributed by atoms with van der Waals surface area (Å²) in [5, 5.41) is 9.50. The molecule has 0 amide bonds. The van der Waals surface area contributed by atoms with Crippen molar-refractivity contribution in [3.8, 4) is 0 Å². The second kappa shape index (κ2) is 4.93. The molecule has 0 fully saturated rings. The minimum absolute atomic E-state index is 0.377. The largest absolute Gasteiger partial charge is 0.477 e. The van der Waals surface area contributed by atoms with Gasteiger partial charge in [-0.2, -0.15) is 0 Å². The average Bonchev–Trinajstić information content (AvgIpc) is 2.82. The lowest BCUT2D eigenvalue weighted by molar-refractivity contribution is 0.0702. The maximum atomic E-state index is 10.8. The van der Waals surface area contributed by atoms with Crippen LogP contribution in [0.3, 0.4) is 0 Å². The van der Waals surface area contributed by atoms with Gasteiger partial charge in [0.25, 0.3) is 5.22 Å². The Balaban J connectivity index is 2.06. The van der Waals surface area contributed by atoms with Crippen molar-refractivity contribution >= 4 is 29.1 Å². The van der Waals surface area contributed by atoms with Crippen LogP contribution in [-0.2, 0) is 5.75 Å². The topological polar surface area (TPSA) is 63.3 Å². The third-order valence-corrected chi connectivity index (χ3v) is 4.15. The van der Waals surface area contributed by atoms with Crippen molar-refractivity contribution < 1.29 is 14.3 Å². The van der Waals surface area contributed by atoms with Gasteiger partial charge in [0.1, 0.15) is 11.1 Å². The van der Waals surface area contributed by atoms with Crippen molar-refractivity contribution in [3.63, 3.8) is 0 Å². The third kappa shape index (κ3) is 2.89. The van der Waals surface area contributed by atoms with Crippen LogP contribution >= 0.6 is 23.1 Å². The maximum Gasteiger partial charge on any atom is 0.345 e. The molecule has 90 valence electrons. The zero-order valence-electron chi connectivity index (χ0n) is 9.39. The Morgan fingerprint density at radius 1 is 1.59 bits per heavy atom. The van der Waals surface area contributed by atoms with E-state index in [1.165, 1.54) is 23.1 Å². The van der Waals surface area contributed by atoms with E-state index < -0.39 is 5.97 Å². The number of oxazole rings is 1. The van der Waals surface area contributed by atoms with Crippen LogP contribution < -0.4 is 0 Å². The van der Waals surface area contributed by atoms with Gasteiger partial charge in [-0.15, -0.1) is 11.3 Å². The Labute approximate surface area is 107 Å². The van der Waals surface area contributed by atoms with Crippen molar-refractivity contribution in [2.45, 2.75) is 24.8 Å². The summed E-state index contributed by atoms with van der Waals surface area (Å²) in [4.78, 5) is 16.4. The zero-order valence-corrected chi connectivity index (χ0v) is 11.0. The van der Waals surface area contributed by atoms with Gasteiger partial charge in [-0.25, -0.2) is 9.78 Å². The molecule has 4 nitrogen and oxygen atoms in total. The quantitative estimate of drug-likeness (QED) is 0.862. The highest BCUT2D eigenvalue weighted by Crippen LogP contribution is 2.28. The number of carbonyl (C=O) groups is 1. The number of carboxylic acids is 1.